The molecule has 0 radical (unpaired) electrons. The van der Waals surface area contributed by atoms with Crippen molar-refractivity contribution in [3.8, 4) is 22.6 Å². The predicted molar refractivity (Wildman–Crippen MR) is 148 cm³/mol. The zero-order chi connectivity index (χ0) is 24.4. The van der Waals surface area contributed by atoms with E-state index in [9.17, 15) is 4.79 Å². The standard InChI is InChI=1S/C27H17BrClN3O2S/c28-19-10-12-22(29)21(14-19)25(33)32-27(35)30-20-11-13-24-23(15-20)31-26(34-24)18-8-6-17(7-9-18)16-4-2-1-3-5-16/h1-15H,(H2,30,32,33,35). The Morgan fingerprint density at radius 2 is 1.60 bits per heavy atom. The summed E-state index contributed by atoms with van der Waals surface area (Å²) in [5.74, 6) is 0.120. The minimum absolute atomic E-state index is 0.144. The highest BCUT2D eigenvalue weighted by Crippen LogP contribution is 2.28. The number of hydrogen-bond acceptors (Lipinski definition) is 4. The number of fused-ring (bicyclic) bond motifs is 1. The summed E-state index contributed by atoms with van der Waals surface area (Å²) in [6.45, 7) is 0. The van der Waals surface area contributed by atoms with Gasteiger partial charge in [0.15, 0.2) is 10.7 Å². The lowest BCUT2D eigenvalue weighted by atomic mass is 10.0. The zero-order valence-electron chi connectivity index (χ0n) is 18.1. The van der Waals surface area contributed by atoms with Crippen molar-refractivity contribution in [3.05, 3.63) is 106 Å². The van der Waals surface area contributed by atoms with Gasteiger partial charge < -0.3 is 9.73 Å². The van der Waals surface area contributed by atoms with Crippen LogP contribution in [0.25, 0.3) is 33.7 Å². The first kappa shape index (κ1) is 23.2. The van der Waals surface area contributed by atoms with E-state index in [1.807, 2.05) is 54.6 Å². The van der Waals surface area contributed by atoms with E-state index in [0.29, 0.717) is 33.3 Å². The van der Waals surface area contributed by atoms with Crippen LogP contribution in [-0.2, 0) is 0 Å². The Kier molecular flexibility index (Phi) is 6.63. The van der Waals surface area contributed by atoms with E-state index in [0.717, 1.165) is 21.2 Å². The van der Waals surface area contributed by atoms with Gasteiger partial charge in [-0.2, -0.15) is 0 Å². The molecule has 0 fully saturated rings. The summed E-state index contributed by atoms with van der Waals surface area (Å²) in [6.07, 6.45) is 0. The Bertz CT molecular complexity index is 1550. The van der Waals surface area contributed by atoms with Crippen molar-refractivity contribution < 1.29 is 9.21 Å². The Morgan fingerprint density at radius 1 is 0.886 bits per heavy atom. The monoisotopic (exact) mass is 561 g/mol. The van der Waals surface area contributed by atoms with Gasteiger partial charge in [0.1, 0.15) is 5.52 Å². The van der Waals surface area contributed by atoms with Gasteiger partial charge in [-0.1, -0.05) is 70.0 Å². The fourth-order valence-electron chi connectivity index (χ4n) is 3.57. The molecule has 0 aliphatic heterocycles. The van der Waals surface area contributed by atoms with Gasteiger partial charge in [0.2, 0.25) is 5.89 Å². The second-order valence-corrected chi connectivity index (χ2v) is 9.41. The number of carbonyl (C=O) groups is 1. The van der Waals surface area contributed by atoms with Gasteiger partial charge in [-0.15, -0.1) is 0 Å². The molecule has 0 unspecified atom stereocenters. The predicted octanol–water partition coefficient (Wildman–Crippen LogP) is 7.70. The fourth-order valence-corrected chi connectivity index (χ4v) is 4.34. The number of amides is 1. The molecule has 0 atom stereocenters. The second-order valence-electron chi connectivity index (χ2n) is 7.68. The molecule has 5 nitrogen and oxygen atoms in total. The van der Waals surface area contributed by atoms with Gasteiger partial charge in [0, 0.05) is 15.7 Å². The SMILES string of the molecule is O=C(NC(=S)Nc1ccc2oc(-c3ccc(-c4ccccc4)cc3)nc2c1)c1cc(Br)ccc1Cl. The number of hydrogen-bond donors (Lipinski definition) is 2. The molecule has 0 bridgehead atoms. The minimum Gasteiger partial charge on any atom is -0.436 e. The molecule has 5 aromatic rings. The third-order valence-corrected chi connectivity index (χ3v) is 6.31. The van der Waals surface area contributed by atoms with Crippen LogP contribution < -0.4 is 10.6 Å². The molecule has 5 rings (SSSR count). The van der Waals surface area contributed by atoms with Crippen molar-refractivity contribution in [2.24, 2.45) is 0 Å². The molecule has 0 spiro atoms. The Balaban J connectivity index is 1.30. The van der Waals surface area contributed by atoms with E-state index >= 15 is 0 Å². The van der Waals surface area contributed by atoms with E-state index in [4.69, 9.17) is 28.2 Å². The molecule has 4 aromatic carbocycles. The summed E-state index contributed by atoms with van der Waals surface area (Å²) in [7, 11) is 0. The summed E-state index contributed by atoms with van der Waals surface area (Å²) in [4.78, 5) is 17.2. The first-order valence-corrected chi connectivity index (χ1v) is 12.2. The summed E-state index contributed by atoms with van der Waals surface area (Å²) in [5, 5.41) is 6.13. The van der Waals surface area contributed by atoms with Crippen LogP contribution in [0.4, 0.5) is 5.69 Å². The van der Waals surface area contributed by atoms with E-state index < -0.39 is 5.91 Å². The Hall–Kier alpha value is -3.52. The second kappa shape index (κ2) is 10.00. The van der Waals surface area contributed by atoms with Gasteiger partial charge in [-0.3, -0.25) is 10.1 Å². The van der Waals surface area contributed by atoms with Crippen LogP contribution in [0, 0.1) is 0 Å². The van der Waals surface area contributed by atoms with Crippen molar-refractivity contribution >= 4 is 67.6 Å². The smallest absolute Gasteiger partial charge is 0.258 e. The van der Waals surface area contributed by atoms with E-state index in [-0.39, 0.29) is 5.11 Å². The molecule has 172 valence electrons. The molecule has 2 N–H and O–H groups in total. The van der Waals surface area contributed by atoms with E-state index in [1.54, 1.807) is 24.3 Å². The maximum Gasteiger partial charge on any atom is 0.258 e. The lowest BCUT2D eigenvalue weighted by molar-refractivity contribution is 0.0978. The topological polar surface area (TPSA) is 67.2 Å². The Labute approximate surface area is 220 Å². The maximum absolute atomic E-state index is 12.5. The average Bonchev–Trinajstić information content (AvgIpc) is 3.29. The quantitative estimate of drug-likeness (QED) is 0.220. The third kappa shape index (κ3) is 5.27. The molecule has 0 aliphatic carbocycles. The molecular formula is C27H17BrClN3O2S. The molecule has 1 amide bonds. The largest absolute Gasteiger partial charge is 0.436 e. The number of oxazole rings is 1. The van der Waals surface area contributed by atoms with Crippen molar-refractivity contribution in [2.45, 2.75) is 0 Å². The highest BCUT2D eigenvalue weighted by Gasteiger charge is 2.14. The molecule has 8 heteroatoms. The van der Waals surface area contributed by atoms with Crippen LogP contribution in [0.15, 0.2) is 99.9 Å². The maximum atomic E-state index is 12.5. The summed E-state index contributed by atoms with van der Waals surface area (Å²) in [5.41, 5.74) is 5.45. The highest BCUT2D eigenvalue weighted by atomic mass is 79.9. The number of nitrogens with zero attached hydrogens (tertiary/aromatic N) is 1. The number of benzene rings is 4. The van der Waals surface area contributed by atoms with Crippen LogP contribution >= 0.6 is 39.7 Å². The van der Waals surface area contributed by atoms with Crippen LogP contribution in [-0.4, -0.2) is 16.0 Å². The highest BCUT2D eigenvalue weighted by molar-refractivity contribution is 9.10. The van der Waals surface area contributed by atoms with Crippen LogP contribution in [0.2, 0.25) is 5.02 Å². The number of thiocarbonyl (C=S) groups is 1. The zero-order valence-corrected chi connectivity index (χ0v) is 21.2. The van der Waals surface area contributed by atoms with Gasteiger partial charge in [0.05, 0.1) is 10.6 Å². The Morgan fingerprint density at radius 3 is 2.37 bits per heavy atom. The van der Waals surface area contributed by atoms with Crippen LogP contribution in [0.1, 0.15) is 10.4 Å². The van der Waals surface area contributed by atoms with Crippen molar-refractivity contribution in [1.29, 1.82) is 0 Å². The molecule has 1 heterocycles. The minimum atomic E-state index is -0.405. The lowest BCUT2D eigenvalue weighted by Crippen LogP contribution is -2.34. The van der Waals surface area contributed by atoms with Gasteiger partial charge in [0.25, 0.3) is 5.91 Å². The van der Waals surface area contributed by atoms with Crippen LogP contribution in [0.5, 0.6) is 0 Å². The third-order valence-electron chi connectivity index (χ3n) is 5.28. The van der Waals surface area contributed by atoms with Crippen LogP contribution in [0.3, 0.4) is 0 Å². The molecule has 0 saturated heterocycles. The summed E-state index contributed by atoms with van der Waals surface area (Å²) >= 11 is 14.8. The number of halogens is 2. The first-order chi connectivity index (χ1) is 17.0. The molecule has 0 aliphatic rings. The van der Waals surface area contributed by atoms with Crippen molar-refractivity contribution in [1.82, 2.24) is 10.3 Å². The molecule has 1 aromatic heterocycles. The first-order valence-electron chi connectivity index (χ1n) is 10.6. The van der Waals surface area contributed by atoms with Crippen molar-refractivity contribution in [2.75, 3.05) is 5.32 Å². The fraction of sp³-hybridized carbons (Fsp3) is 0. The molecule has 0 saturated carbocycles. The average molecular weight is 563 g/mol. The lowest BCUT2D eigenvalue weighted by Gasteiger charge is -2.10. The number of anilines is 1. The summed E-state index contributed by atoms with van der Waals surface area (Å²) in [6, 6.07) is 28.7. The number of rotatable bonds is 4. The van der Waals surface area contributed by atoms with Crippen molar-refractivity contribution in [3.63, 3.8) is 0 Å². The normalized spacial score (nSPS) is 10.8. The number of aromatic nitrogens is 1. The van der Waals surface area contributed by atoms with Gasteiger partial charge in [-0.25, -0.2) is 4.98 Å². The molecular weight excluding hydrogens is 546 g/mol. The van der Waals surface area contributed by atoms with E-state index in [2.05, 4.69) is 43.7 Å². The number of nitrogens with one attached hydrogen (secondary N) is 2. The molecule has 35 heavy (non-hydrogen) atoms. The van der Waals surface area contributed by atoms with E-state index in [1.165, 1.54) is 0 Å². The summed E-state index contributed by atoms with van der Waals surface area (Å²) < 4.78 is 6.69. The van der Waals surface area contributed by atoms with Gasteiger partial charge >= 0.3 is 0 Å². The number of carbonyl (C=O) groups excluding carboxylic acids is 1. The van der Waals surface area contributed by atoms with Gasteiger partial charge in [-0.05, 0) is 71.9 Å².